The van der Waals surface area contributed by atoms with Gasteiger partial charge in [0.1, 0.15) is 11.5 Å². The van der Waals surface area contributed by atoms with Gasteiger partial charge in [0.2, 0.25) is 0 Å². The molecule has 3 rings (SSSR count). The third-order valence-electron chi connectivity index (χ3n) is 7.80. The Balaban J connectivity index is 1.96. The fourth-order valence-corrected chi connectivity index (χ4v) is 8.23. The first-order chi connectivity index (χ1) is 13.0. The maximum atomic E-state index is 13.4. The van der Waals surface area contributed by atoms with Crippen molar-refractivity contribution in [2.45, 2.75) is 64.7 Å². The standard InChI is InChI=1S/C23H36O4S/c1-16-8-9-21-22(2,3)10-7-11-23(21,4)20(16)15-28(24,25)19-13-17(26-5)12-18(14-19)27-6/h12-14,16,20-21H,7-11,15H2,1-6H3/t16?,20-,21-,23+/m0/s1. The first-order valence-electron chi connectivity index (χ1n) is 10.5. The van der Waals surface area contributed by atoms with Crippen molar-refractivity contribution in [1.82, 2.24) is 0 Å². The highest BCUT2D eigenvalue weighted by atomic mass is 32.2. The van der Waals surface area contributed by atoms with E-state index in [0.29, 0.717) is 28.2 Å². The number of ether oxygens (including phenoxy) is 2. The van der Waals surface area contributed by atoms with Crippen LogP contribution in [0, 0.1) is 28.6 Å². The fraction of sp³-hybridized carbons (Fsp3) is 0.739. The number of hydrogen-bond donors (Lipinski definition) is 0. The monoisotopic (exact) mass is 408 g/mol. The minimum atomic E-state index is -3.44. The van der Waals surface area contributed by atoms with Crippen LogP contribution in [-0.4, -0.2) is 28.4 Å². The summed E-state index contributed by atoms with van der Waals surface area (Å²) >= 11 is 0. The summed E-state index contributed by atoms with van der Waals surface area (Å²) in [5, 5.41) is 0. The van der Waals surface area contributed by atoms with Crippen LogP contribution in [0.3, 0.4) is 0 Å². The molecule has 0 bridgehead atoms. The van der Waals surface area contributed by atoms with Crippen molar-refractivity contribution in [3.05, 3.63) is 18.2 Å². The van der Waals surface area contributed by atoms with Crippen molar-refractivity contribution in [2.24, 2.45) is 28.6 Å². The predicted molar refractivity (Wildman–Crippen MR) is 113 cm³/mol. The normalized spacial score (nSPS) is 32.4. The lowest BCUT2D eigenvalue weighted by molar-refractivity contribution is -0.0855. The van der Waals surface area contributed by atoms with Gasteiger partial charge in [0.05, 0.1) is 24.9 Å². The zero-order chi connectivity index (χ0) is 20.7. The first-order valence-corrected chi connectivity index (χ1v) is 12.1. The number of benzene rings is 1. The van der Waals surface area contributed by atoms with E-state index in [9.17, 15) is 8.42 Å². The highest BCUT2D eigenvalue weighted by molar-refractivity contribution is 7.91. The minimum absolute atomic E-state index is 0.0788. The summed E-state index contributed by atoms with van der Waals surface area (Å²) < 4.78 is 37.5. The van der Waals surface area contributed by atoms with Gasteiger partial charge in [0, 0.05) is 6.07 Å². The van der Waals surface area contributed by atoms with E-state index in [1.54, 1.807) is 32.4 Å². The van der Waals surface area contributed by atoms with Gasteiger partial charge in [-0.25, -0.2) is 8.42 Å². The molecule has 0 N–H and O–H groups in total. The quantitative estimate of drug-likeness (QED) is 0.658. The molecule has 158 valence electrons. The molecule has 5 heteroatoms. The van der Waals surface area contributed by atoms with Gasteiger partial charge in [0.25, 0.3) is 0 Å². The summed E-state index contributed by atoms with van der Waals surface area (Å²) in [5.74, 6) is 2.40. The van der Waals surface area contributed by atoms with Crippen LogP contribution in [0.4, 0.5) is 0 Å². The molecule has 2 saturated carbocycles. The molecule has 0 amide bonds. The van der Waals surface area contributed by atoms with Crippen molar-refractivity contribution in [1.29, 1.82) is 0 Å². The number of fused-ring (bicyclic) bond motifs is 1. The number of rotatable bonds is 5. The fourth-order valence-electron chi connectivity index (χ4n) is 6.26. The number of methoxy groups -OCH3 is 2. The summed E-state index contributed by atoms with van der Waals surface area (Å²) in [4.78, 5) is 0.302. The second kappa shape index (κ2) is 7.55. The van der Waals surface area contributed by atoms with Crippen LogP contribution in [0.2, 0.25) is 0 Å². The Labute approximate surface area is 170 Å². The third kappa shape index (κ3) is 3.79. The van der Waals surface area contributed by atoms with Crippen LogP contribution in [0.5, 0.6) is 11.5 Å². The molecule has 2 fully saturated rings. The minimum Gasteiger partial charge on any atom is -0.497 e. The molecule has 4 nitrogen and oxygen atoms in total. The first kappa shape index (κ1) is 21.5. The highest BCUT2D eigenvalue weighted by Crippen LogP contribution is 2.61. The van der Waals surface area contributed by atoms with E-state index in [-0.39, 0.29) is 22.5 Å². The van der Waals surface area contributed by atoms with E-state index in [1.165, 1.54) is 19.3 Å². The Bertz CT molecular complexity index is 792. The van der Waals surface area contributed by atoms with Crippen LogP contribution in [0.15, 0.2) is 23.1 Å². The molecule has 4 atom stereocenters. The van der Waals surface area contributed by atoms with Crippen molar-refractivity contribution in [3.8, 4) is 11.5 Å². The lowest BCUT2D eigenvalue weighted by atomic mass is 9.47. The molecular formula is C23H36O4S. The Kier molecular flexibility index (Phi) is 5.79. The Morgan fingerprint density at radius 3 is 2.18 bits per heavy atom. The molecular weight excluding hydrogens is 372 g/mol. The van der Waals surface area contributed by atoms with Crippen molar-refractivity contribution < 1.29 is 17.9 Å². The molecule has 28 heavy (non-hydrogen) atoms. The van der Waals surface area contributed by atoms with Gasteiger partial charge >= 0.3 is 0 Å². The Morgan fingerprint density at radius 2 is 1.61 bits per heavy atom. The SMILES string of the molecule is COc1cc(OC)cc(S(=O)(=O)C[C@H]2C(C)CC[C@H]3C(C)(C)CCC[C@]23C)c1. The molecule has 1 aromatic carbocycles. The molecule has 0 aromatic heterocycles. The second-order valence-corrected chi connectivity index (χ2v) is 11.9. The van der Waals surface area contributed by atoms with Crippen LogP contribution in [-0.2, 0) is 9.84 Å². The van der Waals surface area contributed by atoms with Crippen LogP contribution in [0.25, 0.3) is 0 Å². The van der Waals surface area contributed by atoms with Crippen molar-refractivity contribution in [3.63, 3.8) is 0 Å². The average molecular weight is 409 g/mol. The van der Waals surface area contributed by atoms with E-state index >= 15 is 0 Å². The lowest BCUT2D eigenvalue weighted by Gasteiger charge is -2.59. The van der Waals surface area contributed by atoms with Gasteiger partial charge in [-0.05, 0) is 60.0 Å². The van der Waals surface area contributed by atoms with E-state index in [0.717, 1.165) is 12.8 Å². The van der Waals surface area contributed by atoms with Crippen LogP contribution in [0.1, 0.15) is 59.8 Å². The number of hydrogen-bond acceptors (Lipinski definition) is 4. The van der Waals surface area contributed by atoms with Crippen molar-refractivity contribution >= 4 is 9.84 Å². The van der Waals surface area contributed by atoms with Gasteiger partial charge in [0.15, 0.2) is 9.84 Å². The zero-order valence-electron chi connectivity index (χ0n) is 18.2. The molecule has 0 heterocycles. The third-order valence-corrected chi connectivity index (χ3v) is 9.56. The maximum Gasteiger partial charge on any atom is 0.178 e. The molecule has 0 radical (unpaired) electrons. The van der Waals surface area contributed by atoms with E-state index in [4.69, 9.17) is 9.47 Å². The largest absolute Gasteiger partial charge is 0.497 e. The highest BCUT2D eigenvalue weighted by Gasteiger charge is 2.54. The summed E-state index contributed by atoms with van der Waals surface area (Å²) in [6.45, 7) is 9.36. The summed E-state index contributed by atoms with van der Waals surface area (Å²) in [6.07, 6.45) is 5.90. The van der Waals surface area contributed by atoms with Gasteiger partial charge in [-0.1, -0.05) is 40.5 Å². The maximum absolute atomic E-state index is 13.4. The topological polar surface area (TPSA) is 52.6 Å². The predicted octanol–water partition coefficient (Wildman–Crippen LogP) is 5.36. The molecule has 2 aliphatic carbocycles. The summed E-state index contributed by atoms with van der Waals surface area (Å²) in [5.41, 5.74) is 0.365. The Morgan fingerprint density at radius 1 is 1.00 bits per heavy atom. The number of sulfone groups is 1. The van der Waals surface area contributed by atoms with E-state index < -0.39 is 9.84 Å². The zero-order valence-corrected chi connectivity index (χ0v) is 19.1. The summed E-state index contributed by atoms with van der Waals surface area (Å²) in [6, 6.07) is 4.95. The molecule has 1 aromatic rings. The van der Waals surface area contributed by atoms with Crippen LogP contribution >= 0.6 is 0 Å². The second-order valence-electron chi connectivity index (χ2n) is 9.89. The van der Waals surface area contributed by atoms with Gasteiger partial charge in [-0.2, -0.15) is 0 Å². The van der Waals surface area contributed by atoms with E-state index in [1.807, 2.05) is 0 Å². The van der Waals surface area contributed by atoms with Gasteiger partial charge in [-0.15, -0.1) is 0 Å². The molecule has 0 aliphatic heterocycles. The van der Waals surface area contributed by atoms with Crippen molar-refractivity contribution in [2.75, 3.05) is 20.0 Å². The van der Waals surface area contributed by atoms with Gasteiger partial charge < -0.3 is 9.47 Å². The Hall–Kier alpha value is -1.23. The van der Waals surface area contributed by atoms with Crippen LogP contribution < -0.4 is 9.47 Å². The van der Waals surface area contributed by atoms with Gasteiger partial charge in [-0.3, -0.25) is 0 Å². The molecule has 0 spiro atoms. The molecule has 2 aliphatic rings. The smallest absolute Gasteiger partial charge is 0.178 e. The summed E-state index contributed by atoms with van der Waals surface area (Å²) in [7, 11) is -0.352. The molecule has 1 unspecified atom stereocenters. The lowest BCUT2D eigenvalue weighted by Crippen LogP contribution is -2.52. The average Bonchev–Trinajstić information content (AvgIpc) is 2.63. The van der Waals surface area contributed by atoms with E-state index in [2.05, 4.69) is 27.7 Å². The molecule has 0 saturated heterocycles.